The zero-order valence-electron chi connectivity index (χ0n) is 14.1. The van der Waals surface area contributed by atoms with Crippen molar-refractivity contribution in [2.75, 3.05) is 25.1 Å². The lowest BCUT2D eigenvalue weighted by atomic mass is 10.1. The number of thiophene rings is 1. The first-order valence-corrected chi connectivity index (χ1v) is 12.5. The lowest BCUT2D eigenvalue weighted by Gasteiger charge is -2.28. The topological polar surface area (TPSA) is 84.4 Å². The predicted molar refractivity (Wildman–Crippen MR) is 103 cm³/mol. The molecule has 2 aromatic heterocycles. The third-order valence-electron chi connectivity index (χ3n) is 4.57. The minimum Gasteiger partial charge on any atom is -0.301 e. The van der Waals surface area contributed by atoms with E-state index in [1.165, 1.54) is 12.1 Å². The van der Waals surface area contributed by atoms with Crippen molar-refractivity contribution in [3.05, 3.63) is 46.6 Å². The van der Waals surface area contributed by atoms with Gasteiger partial charge in [-0.1, -0.05) is 11.6 Å². The molecule has 0 saturated carbocycles. The van der Waals surface area contributed by atoms with Crippen LogP contribution in [0.2, 0.25) is 4.34 Å². The van der Waals surface area contributed by atoms with Crippen LogP contribution in [0.15, 0.2) is 40.9 Å². The third kappa shape index (κ3) is 4.28. The van der Waals surface area contributed by atoms with Gasteiger partial charge in [-0.2, -0.15) is 0 Å². The molecule has 0 amide bonds. The average molecular weight is 435 g/mol. The number of likely N-dealkylation sites (N-methyl/N-ethyl adjacent to an activating group) is 1. The minimum atomic E-state index is -3.76. The smallest absolute Gasteiger partial charge is 0.193 e. The Balaban J connectivity index is 1.82. The van der Waals surface area contributed by atoms with Crippen LogP contribution in [-0.2, 0) is 26.1 Å². The fourth-order valence-corrected chi connectivity index (χ4v) is 9.74. The Labute approximate surface area is 162 Å². The van der Waals surface area contributed by atoms with Crippen LogP contribution in [0.4, 0.5) is 0 Å². The first-order valence-electron chi connectivity index (χ1n) is 7.98. The number of aromatic nitrogens is 1. The minimum absolute atomic E-state index is 0.122. The van der Waals surface area contributed by atoms with Crippen LogP contribution >= 0.6 is 22.9 Å². The van der Waals surface area contributed by atoms with Crippen molar-refractivity contribution in [3.8, 4) is 0 Å². The van der Waals surface area contributed by atoms with Gasteiger partial charge < -0.3 is 4.90 Å². The zero-order chi connectivity index (χ0) is 18.9. The fraction of sp³-hybridized carbons (Fsp3) is 0.438. The second-order valence-corrected chi connectivity index (χ2v) is 12.6. The maximum Gasteiger partial charge on any atom is 0.193 e. The molecule has 1 saturated heterocycles. The maximum absolute atomic E-state index is 13.0. The largest absolute Gasteiger partial charge is 0.301 e. The van der Waals surface area contributed by atoms with Gasteiger partial charge in [-0.15, -0.1) is 11.3 Å². The summed E-state index contributed by atoms with van der Waals surface area (Å²) in [6, 6.07) is 6.17. The van der Waals surface area contributed by atoms with E-state index in [2.05, 4.69) is 4.98 Å². The van der Waals surface area contributed by atoms with E-state index in [0.29, 0.717) is 17.3 Å². The van der Waals surface area contributed by atoms with Gasteiger partial charge in [0.05, 0.1) is 21.1 Å². The Morgan fingerprint density at radius 2 is 1.92 bits per heavy atom. The number of halogens is 1. The van der Waals surface area contributed by atoms with Crippen molar-refractivity contribution in [3.63, 3.8) is 0 Å². The average Bonchev–Trinajstić information content (AvgIpc) is 3.17. The summed E-state index contributed by atoms with van der Waals surface area (Å²) in [6.45, 7) is 0.557. The summed E-state index contributed by atoms with van der Waals surface area (Å²) in [4.78, 5) is 5.80. The maximum atomic E-state index is 13.0. The number of pyridine rings is 1. The monoisotopic (exact) mass is 434 g/mol. The summed E-state index contributed by atoms with van der Waals surface area (Å²) in [7, 11) is -5.40. The summed E-state index contributed by atoms with van der Waals surface area (Å²) >= 11 is 6.83. The second kappa shape index (κ2) is 7.55. The predicted octanol–water partition coefficient (Wildman–Crippen LogP) is 1.91. The highest BCUT2D eigenvalue weighted by atomic mass is 35.5. The van der Waals surface area contributed by atoms with E-state index in [4.69, 9.17) is 11.6 Å². The van der Waals surface area contributed by atoms with Gasteiger partial charge in [0, 0.05) is 25.0 Å². The molecule has 0 unspecified atom stereocenters. The summed E-state index contributed by atoms with van der Waals surface area (Å²) in [5.74, 6) is -0.502. The molecule has 1 fully saturated rings. The van der Waals surface area contributed by atoms with Gasteiger partial charge in [0.2, 0.25) is 0 Å². The summed E-state index contributed by atoms with van der Waals surface area (Å²) in [5.41, 5.74) is 1.07. The summed E-state index contributed by atoms with van der Waals surface area (Å²) in [5, 5.41) is -0.982. The van der Waals surface area contributed by atoms with Crippen molar-refractivity contribution in [1.82, 2.24) is 9.88 Å². The molecular formula is C16H19ClN2O4S3. The summed E-state index contributed by atoms with van der Waals surface area (Å²) < 4.78 is 50.8. The zero-order valence-corrected chi connectivity index (χ0v) is 17.3. The lowest BCUT2D eigenvalue weighted by molar-refractivity contribution is 0.266. The molecule has 10 heteroatoms. The van der Waals surface area contributed by atoms with E-state index in [1.807, 2.05) is 17.0 Å². The van der Waals surface area contributed by atoms with Gasteiger partial charge >= 0.3 is 0 Å². The number of hydrogen-bond donors (Lipinski definition) is 0. The van der Waals surface area contributed by atoms with Gasteiger partial charge in [0.1, 0.15) is 4.21 Å². The lowest BCUT2D eigenvalue weighted by Crippen LogP contribution is -2.45. The van der Waals surface area contributed by atoms with Gasteiger partial charge in [-0.3, -0.25) is 4.98 Å². The molecule has 26 heavy (non-hydrogen) atoms. The Kier molecular flexibility index (Phi) is 5.74. The first kappa shape index (κ1) is 19.8. The van der Waals surface area contributed by atoms with E-state index in [-0.39, 0.29) is 15.7 Å². The number of hydrogen-bond acceptors (Lipinski definition) is 7. The molecule has 0 radical (unpaired) electrons. The van der Waals surface area contributed by atoms with Crippen LogP contribution in [0.3, 0.4) is 0 Å². The molecule has 0 spiro atoms. The van der Waals surface area contributed by atoms with Crippen LogP contribution < -0.4 is 0 Å². The van der Waals surface area contributed by atoms with Crippen molar-refractivity contribution in [2.45, 2.75) is 21.9 Å². The van der Waals surface area contributed by atoms with E-state index >= 15 is 0 Å². The molecular weight excluding hydrogens is 416 g/mol. The van der Waals surface area contributed by atoms with Crippen molar-refractivity contribution >= 4 is 42.6 Å². The molecule has 0 aromatic carbocycles. The fourth-order valence-electron chi connectivity index (χ4n) is 3.12. The van der Waals surface area contributed by atoms with Crippen LogP contribution in [-0.4, -0.2) is 63.1 Å². The highest BCUT2D eigenvalue weighted by Gasteiger charge is 2.47. The van der Waals surface area contributed by atoms with Crippen LogP contribution in [0.1, 0.15) is 5.56 Å². The van der Waals surface area contributed by atoms with E-state index in [1.54, 1.807) is 19.4 Å². The SMILES string of the molecule is CN(CCc1ccncc1)[C@H]1CS(=O)(=O)C[C@@H]1S(=O)(=O)c1ccc(Cl)s1. The second-order valence-electron chi connectivity index (χ2n) is 6.37. The molecule has 0 N–H and O–H groups in total. The quantitative estimate of drug-likeness (QED) is 0.690. The van der Waals surface area contributed by atoms with Crippen LogP contribution in [0.5, 0.6) is 0 Å². The summed E-state index contributed by atoms with van der Waals surface area (Å²) in [6.07, 6.45) is 4.08. The van der Waals surface area contributed by atoms with Gasteiger partial charge in [-0.05, 0) is 43.3 Å². The number of nitrogens with zero attached hydrogens (tertiary/aromatic N) is 2. The van der Waals surface area contributed by atoms with Gasteiger partial charge in [0.15, 0.2) is 19.7 Å². The Bertz CT molecular complexity index is 974. The third-order valence-corrected chi connectivity index (χ3v) is 10.4. The molecule has 6 nitrogen and oxygen atoms in total. The molecule has 2 atom stereocenters. The van der Waals surface area contributed by atoms with E-state index in [0.717, 1.165) is 16.9 Å². The Morgan fingerprint density at radius 3 is 2.54 bits per heavy atom. The van der Waals surface area contributed by atoms with Crippen LogP contribution in [0, 0.1) is 0 Å². The molecule has 142 valence electrons. The Morgan fingerprint density at radius 1 is 1.23 bits per heavy atom. The number of rotatable bonds is 6. The Hall–Kier alpha value is -1.000. The molecule has 2 aromatic rings. The van der Waals surface area contributed by atoms with Crippen molar-refractivity contribution < 1.29 is 16.8 Å². The van der Waals surface area contributed by atoms with Crippen LogP contribution in [0.25, 0.3) is 0 Å². The molecule has 0 aliphatic carbocycles. The molecule has 3 heterocycles. The molecule has 3 rings (SSSR count). The molecule has 1 aliphatic rings. The van der Waals surface area contributed by atoms with Gasteiger partial charge in [-0.25, -0.2) is 16.8 Å². The number of sulfone groups is 2. The highest BCUT2D eigenvalue weighted by Crippen LogP contribution is 2.33. The molecule has 0 bridgehead atoms. The van der Waals surface area contributed by atoms with Gasteiger partial charge in [0.25, 0.3) is 0 Å². The van der Waals surface area contributed by atoms with Crippen molar-refractivity contribution in [1.29, 1.82) is 0 Å². The first-order chi connectivity index (χ1) is 12.2. The highest BCUT2D eigenvalue weighted by molar-refractivity contribution is 7.97. The normalized spacial score (nSPS) is 22.7. The standard InChI is InChI=1S/C16H19ClN2O4S3/c1-19(9-6-12-4-7-18-8-5-12)13-10-25(20,21)11-14(13)26(22,23)16-3-2-15(17)24-16/h2-5,7-8,13-14H,6,9-11H2,1H3/t13-,14-/m0/s1. The van der Waals surface area contributed by atoms with Crippen molar-refractivity contribution in [2.24, 2.45) is 0 Å². The van der Waals surface area contributed by atoms with E-state index < -0.39 is 31.0 Å². The molecule has 1 aliphatic heterocycles. The van der Waals surface area contributed by atoms with E-state index in [9.17, 15) is 16.8 Å².